The van der Waals surface area contributed by atoms with Gasteiger partial charge in [-0.1, -0.05) is 6.08 Å². The predicted octanol–water partition coefficient (Wildman–Crippen LogP) is 4.21. The third-order valence-corrected chi connectivity index (χ3v) is 7.59. The van der Waals surface area contributed by atoms with Crippen molar-refractivity contribution in [3.8, 4) is 0 Å². The quantitative estimate of drug-likeness (QED) is 0.416. The highest BCUT2D eigenvalue weighted by Gasteiger charge is 2.30. The van der Waals surface area contributed by atoms with Crippen LogP contribution in [0.3, 0.4) is 0 Å². The molecule has 3 aromatic rings. The van der Waals surface area contributed by atoms with Crippen LogP contribution in [0.1, 0.15) is 41.3 Å². The van der Waals surface area contributed by atoms with Gasteiger partial charge in [-0.25, -0.2) is 31.9 Å². The highest BCUT2D eigenvalue weighted by molar-refractivity contribution is 6.07. The number of pyridine rings is 1. The van der Waals surface area contributed by atoms with Gasteiger partial charge in [0, 0.05) is 62.7 Å². The van der Waals surface area contributed by atoms with Crippen molar-refractivity contribution in [1.82, 2.24) is 19.9 Å². The van der Waals surface area contributed by atoms with E-state index in [9.17, 15) is 22.8 Å². The van der Waals surface area contributed by atoms with Crippen molar-refractivity contribution in [2.24, 2.45) is 0 Å². The van der Waals surface area contributed by atoms with Crippen LogP contribution >= 0.6 is 0 Å². The molecule has 2 aliphatic heterocycles. The number of anilines is 3. The lowest BCUT2D eigenvalue weighted by Crippen LogP contribution is -2.50. The maximum Gasteiger partial charge on any atom is 0.264 e. The van der Waals surface area contributed by atoms with E-state index >= 15 is 8.78 Å². The molecule has 14 heteroatoms. The number of H-pyrrole nitrogens is 1. The lowest BCUT2D eigenvalue weighted by molar-refractivity contribution is 0.101. The molecule has 0 aliphatic carbocycles. The van der Waals surface area contributed by atoms with Gasteiger partial charge in [0.25, 0.3) is 12.3 Å². The zero-order chi connectivity index (χ0) is 30.1. The van der Waals surface area contributed by atoms with E-state index < -0.39 is 46.5 Å². The van der Waals surface area contributed by atoms with Crippen molar-refractivity contribution in [2.75, 3.05) is 54.9 Å². The van der Waals surface area contributed by atoms with E-state index in [1.807, 2.05) is 14.0 Å². The molecule has 1 fully saturated rings. The third kappa shape index (κ3) is 5.84. The number of nitrogens with zero attached hydrogens (tertiary/aromatic N) is 5. The molecule has 1 atom stereocenters. The molecular formula is C28H28F5N7O2. The zero-order valence-corrected chi connectivity index (χ0v) is 22.8. The third-order valence-electron chi connectivity index (χ3n) is 7.59. The number of rotatable bonds is 6. The highest BCUT2D eigenvalue weighted by Crippen LogP contribution is 2.39. The summed E-state index contributed by atoms with van der Waals surface area (Å²) in [6, 6.07) is 1.78. The summed E-state index contributed by atoms with van der Waals surface area (Å²) in [7, 11) is 1.92. The number of carbonyl (C=O) groups excluding carboxylic acids is 1. The lowest BCUT2D eigenvalue weighted by atomic mass is 9.96. The molecule has 2 aliphatic rings. The van der Waals surface area contributed by atoms with E-state index in [0.717, 1.165) is 24.7 Å². The Morgan fingerprint density at radius 1 is 1.10 bits per heavy atom. The summed E-state index contributed by atoms with van der Waals surface area (Å²) in [6.45, 7) is 3.80. The predicted molar refractivity (Wildman–Crippen MR) is 147 cm³/mol. The molecule has 42 heavy (non-hydrogen) atoms. The number of piperazine rings is 1. The first-order valence-corrected chi connectivity index (χ1v) is 13.2. The Morgan fingerprint density at radius 3 is 2.48 bits per heavy atom. The molecule has 0 saturated carbocycles. The Kier molecular flexibility index (Phi) is 8.25. The fourth-order valence-electron chi connectivity index (χ4n) is 5.13. The smallest absolute Gasteiger partial charge is 0.264 e. The maximum absolute atomic E-state index is 16.4. The lowest BCUT2D eigenvalue weighted by Gasteiger charge is -2.40. The fourth-order valence-corrected chi connectivity index (χ4v) is 5.13. The molecular weight excluding hydrogens is 561 g/mol. The number of halogens is 5. The molecule has 9 nitrogen and oxygen atoms in total. The SMILES string of the molecule is C[C@H]1CN(c2cc(F)c(C3=CCN(c4ncc(F)cn4)CC3)c(F)c2NC(=O)c2c[nH]c(=O)cc2C(F)F)CCN1C. The van der Waals surface area contributed by atoms with E-state index in [-0.39, 0.29) is 48.4 Å². The minimum atomic E-state index is -3.14. The summed E-state index contributed by atoms with van der Waals surface area (Å²) in [5, 5.41) is 2.40. The Bertz CT molecular complexity index is 1580. The summed E-state index contributed by atoms with van der Waals surface area (Å²) in [4.78, 5) is 40.5. The first kappa shape index (κ1) is 29.2. The largest absolute Gasteiger partial charge is 0.367 e. The van der Waals surface area contributed by atoms with Crippen molar-refractivity contribution in [2.45, 2.75) is 25.8 Å². The van der Waals surface area contributed by atoms with Gasteiger partial charge in [-0.05, 0) is 26.0 Å². The minimum Gasteiger partial charge on any atom is -0.367 e. The molecule has 2 aromatic heterocycles. The van der Waals surface area contributed by atoms with Crippen LogP contribution in [0.25, 0.3) is 5.57 Å². The van der Waals surface area contributed by atoms with Crippen molar-refractivity contribution < 1.29 is 26.7 Å². The Balaban J connectivity index is 1.54. The first-order valence-electron chi connectivity index (χ1n) is 13.2. The van der Waals surface area contributed by atoms with E-state index in [0.29, 0.717) is 31.3 Å². The molecule has 0 unspecified atom stereocenters. The van der Waals surface area contributed by atoms with Crippen LogP contribution in [0.2, 0.25) is 0 Å². The van der Waals surface area contributed by atoms with Crippen molar-refractivity contribution >= 4 is 28.8 Å². The van der Waals surface area contributed by atoms with Gasteiger partial charge in [0.15, 0.2) is 11.6 Å². The fraction of sp³-hybridized carbons (Fsp3) is 0.357. The van der Waals surface area contributed by atoms with Gasteiger partial charge in [0.05, 0.1) is 29.2 Å². The highest BCUT2D eigenvalue weighted by atomic mass is 19.3. The number of amides is 1. The second-order valence-electron chi connectivity index (χ2n) is 10.3. The topological polar surface area (TPSA) is 97.5 Å². The van der Waals surface area contributed by atoms with Crippen LogP contribution in [0.15, 0.2) is 41.6 Å². The van der Waals surface area contributed by atoms with Gasteiger partial charge in [-0.15, -0.1) is 0 Å². The molecule has 1 saturated heterocycles. The van der Waals surface area contributed by atoms with Crippen LogP contribution in [0, 0.1) is 17.5 Å². The Labute approximate surface area is 237 Å². The van der Waals surface area contributed by atoms with Crippen LogP contribution in [-0.4, -0.2) is 71.6 Å². The number of hydrogen-bond donors (Lipinski definition) is 2. The molecule has 0 spiro atoms. The average Bonchev–Trinajstić information content (AvgIpc) is 2.96. The van der Waals surface area contributed by atoms with Crippen molar-refractivity contribution in [3.05, 3.63) is 81.3 Å². The number of likely N-dealkylation sites (N-methyl/N-ethyl adjacent to an activating group) is 1. The summed E-state index contributed by atoms with van der Waals surface area (Å²) in [6.07, 6.45) is 1.53. The second kappa shape index (κ2) is 11.9. The number of hydrogen-bond acceptors (Lipinski definition) is 7. The number of aromatic amines is 1. The van der Waals surface area contributed by atoms with Crippen LogP contribution in [0.5, 0.6) is 0 Å². The van der Waals surface area contributed by atoms with Gasteiger partial charge >= 0.3 is 0 Å². The molecule has 0 bridgehead atoms. The first-order chi connectivity index (χ1) is 20.0. The number of benzene rings is 1. The molecule has 5 rings (SSSR count). The molecule has 1 aromatic carbocycles. The van der Waals surface area contributed by atoms with Crippen molar-refractivity contribution in [1.29, 1.82) is 0 Å². The molecule has 1 amide bonds. The Hall–Kier alpha value is -4.33. The number of carbonyl (C=O) groups is 1. The van der Waals surface area contributed by atoms with Gasteiger partial charge in [0.1, 0.15) is 11.5 Å². The molecule has 2 N–H and O–H groups in total. The summed E-state index contributed by atoms with van der Waals surface area (Å²) in [5.41, 5.74) is -2.49. The van der Waals surface area contributed by atoms with Gasteiger partial charge in [-0.2, -0.15) is 0 Å². The van der Waals surface area contributed by atoms with Gasteiger partial charge < -0.3 is 25.0 Å². The number of alkyl halides is 2. The van der Waals surface area contributed by atoms with E-state index in [1.165, 1.54) is 0 Å². The number of nitrogens with one attached hydrogen (secondary N) is 2. The van der Waals surface area contributed by atoms with Crippen LogP contribution in [0.4, 0.5) is 39.3 Å². The van der Waals surface area contributed by atoms with Crippen molar-refractivity contribution in [3.63, 3.8) is 0 Å². The normalized spacial score (nSPS) is 17.9. The standard InChI is InChI=1S/C28H28F5N7O2/c1-15-14-40(8-7-38(15)2)21-10-20(30)23(16-3-5-39(6-4-16)28-35-11-17(29)12-36-28)24(31)25(21)37-27(42)19-13-34-22(41)9-18(19)26(32)33/h3,9-13,15,26H,4-8,14H2,1-2H3,(H,34,41)(H,37,42)/t15-/m0/s1. The maximum atomic E-state index is 16.4. The Morgan fingerprint density at radius 2 is 1.83 bits per heavy atom. The van der Waals surface area contributed by atoms with E-state index in [1.54, 1.807) is 15.9 Å². The minimum absolute atomic E-state index is 0.0263. The summed E-state index contributed by atoms with van der Waals surface area (Å²) in [5.74, 6) is -3.31. The summed E-state index contributed by atoms with van der Waals surface area (Å²) < 4.78 is 72.6. The zero-order valence-electron chi connectivity index (χ0n) is 22.8. The average molecular weight is 590 g/mol. The van der Waals surface area contributed by atoms with E-state index in [2.05, 4.69) is 25.2 Å². The molecule has 0 radical (unpaired) electrons. The molecule has 222 valence electrons. The number of aromatic nitrogens is 3. The monoisotopic (exact) mass is 589 g/mol. The molecule has 4 heterocycles. The van der Waals surface area contributed by atoms with Crippen LogP contribution < -0.4 is 20.7 Å². The van der Waals surface area contributed by atoms with Gasteiger partial charge in [0.2, 0.25) is 11.5 Å². The second-order valence-corrected chi connectivity index (χ2v) is 10.3. The summed E-state index contributed by atoms with van der Waals surface area (Å²) >= 11 is 0. The van der Waals surface area contributed by atoms with Crippen LogP contribution in [-0.2, 0) is 0 Å². The van der Waals surface area contributed by atoms with E-state index in [4.69, 9.17) is 0 Å². The van der Waals surface area contributed by atoms with Gasteiger partial charge in [-0.3, -0.25) is 9.59 Å².